The van der Waals surface area contributed by atoms with Gasteiger partial charge in [0.1, 0.15) is 12.1 Å². The van der Waals surface area contributed by atoms with E-state index in [9.17, 15) is 4.79 Å². The zero-order valence-electron chi connectivity index (χ0n) is 10.4. The Morgan fingerprint density at radius 2 is 2.42 bits per heavy atom. The average molecular weight is 256 g/mol. The Bertz CT molecular complexity index is 673. The Labute approximate surface area is 109 Å². The zero-order chi connectivity index (χ0) is 13.4. The molecule has 3 rings (SSSR count). The minimum atomic E-state index is -0.121. The first kappa shape index (κ1) is 11.5. The van der Waals surface area contributed by atoms with Gasteiger partial charge in [0, 0.05) is 13.6 Å². The van der Waals surface area contributed by atoms with Crippen LogP contribution in [0.3, 0.4) is 0 Å². The van der Waals surface area contributed by atoms with Gasteiger partial charge in [-0.2, -0.15) is 5.26 Å². The fourth-order valence-corrected chi connectivity index (χ4v) is 2.39. The molecule has 0 spiro atoms. The molecule has 1 saturated heterocycles. The number of urea groups is 1. The van der Waals surface area contributed by atoms with Gasteiger partial charge in [-0.1, -0.05) is 6.07 Å². The van der Waals surface area contributed by atoms with Crippen molar-refractivity contribution in [2.24, 2.45) is 0 Å². The maximum atomic E-state index is 12.0. The lowest BCUT2D eigenvalue weighted by Gasteiger charge is -2.17. The van der Waals surface area contributed by atoms with E-state index in [1.54, 1.807) is 11.9 Å². The van der Waals surface area contributed by atoms with Gasteiger partial charge < -0.3 is 14.2 Å². The molecule has 1 aromatic heterocycles. The molecule has 19 heavy (non-hydrogen) atoms. The van der Waals surface area contributed by atoms with E-state index in [4.69, 9.17) is 9.68 Å². The van der Waals surface area contributed by atoms with Gasteiger partial charge in [0.15, 0.2) is 12.0 Å². The highest BCUT2D eigenvalue weighted by Crippen LogP contribution is 2.29. The van der Waals surface area contributed by atoms with E-state index in [1.165, 1.54) is 11.3 Å². The normalized spacial score (nSPS) is 19.2. The molecule has 2 amide bonds. The first-order chi connectivity index (χ1) is 9.20. The number of fused-ring (bicyclic) bond motifs is 1. The SMILES string of the molecule is CN1C(=O)N(CC#N)CC1c1ccc2ncoc2c1. The standard InChI is InChI=1S/C13H12N4O2/c1-16-11(7-17(5-4-14)13(16)18)9-2-3-10-12(6-9)19-8-15-10/h2-3,6,8,11H,5,7H2,1H3. The van der Waals surface area contributed by atoms with Crippen molar-refractivity contribution in [2.45, 2.75) is 6.04 Å². The van der Waals surface area contributed by atoms with Crippen LogP contribution in [0.1, 0.15) is 11.6 Å². The summed E-state index contributed by atoms with van der Waals surface area (Å²) in [5, 5.41) is 8.72. The predicted octanol–water partition coefficient (Wildman–Crippen LogP) is 1.76. The van der Waals surface area contributed by atoms with Crippen LogP contribution < -0.4 is 0 Å². The maximum absolute atomic E-state index is 12.0. The molecule has 0 bridgehead atoms. The minimum absolute atomic E-state index is 0.0599. The van der Waals surface area contributed by atoms with Crippen LogP contribution in [0.4, 0.5) is 4.79 Å². The van der Waals surface area contributed by atoms with Crippen LogP contribution in [0.2, 0.25) is 0 Å². The number of nitriles is 1. The van der Waals surface area contributed by atoms with Crippen molar-refractivity contribution in [3.63, 3.8) is 0 Å². The molecule has 6 heteroatoms. The van der Waals surface area contributed by atoms with E-state index in [0.717, 1.165) is 11.1 Å². The first-order valence-corrected chi connectivity index (χ1v) is 5.92. The second-order valence-electron chi connectivity index (χ2n) is 4.53. The van der Waals surface area contributed by atoms with E-state index >= 15 is 0 Å². The van der Waals surface area contributed by atoms with Gasteiger partial charge in [0.05, 0.1) is 12.1 Å². The number of oxazole rings is 1. The average Bonchev–Trinajstić information content (AvgIpc) is 2.98. The number of carbonyl (C=O) groups is 1. The quantitative estimate of drug-likeness (QED) is 0.767. The van der Waals surface area contributed by atoms with Gasteiger partial charge in [-0.05, 0) is 17.7 Å². The third-order valence-corrected chi connectivity index (χ3v) is 3.43. The number of amides is 2. The van der Waals surface area contributed by atoms with Crippen molar-refractivity contribution in [1.82, 2.24) is 14.8 Å². The Hall–Kier alpha value is -2.55. The smallest absolute Gasteiger partial charge is 0.321 e. The van der Waals surface area contributed by atoms with E-state index in [2.05, 4.69) is 4.98 Å². The Morgan fingerprint density at radius 1 is 1.58 bits per heavy atom. The molecule has 0 radical (unpaired) electrons. The molecule has 1 fully saturated rings. The lowest BCUT2D eigenvalue weighted by Crippen LogP contribution is -2.29. The Balaban J connectivity index is 1.93. The molecule has 1 atom stereocenters. The summed E-state index contributed by atoms with van der Waals surface area (Å²) in [5.41, 5.74) is 2.49. The summed E-state index contributed by atoms with van der Waals surface area (Å²) in [6.07, 6.45) is 1.40. The number of likely N-dealkylation sites (N-methyl/N-ethyl adjacent to an activating group) is 1. The van der Waals surface area contributed by atoms with Gasteiger partial charge in [-0.3, -0.25) is 0 Å². The van der Waals surface area contributed by atoms with Gasteiger partial charge in [0.2, 0.25) is 0 Å². The molecule has 1 aliphatic heterocycles. The summed E-state index contributed by atoms with van der Waals surface area (Å²) >= 11 is 0. The second-order valence-corrected chi connectivity index (χ2v) is 4.53. The summed E-state index contributed by atoms with van der Waals surface area (Å²) < 4.78 is 5.27. The number of hydrogen-bond donors (Lipinski definition) is 0. The molecule has 1 aliphatic rings. The highest BCUT2D eigenvalue weighted by molar-refractivity contribution is 5.78. The van der Waals surface area contributed by atoms with E-state index in [1.807, 2.05) is 24.3 Å². The van der Waals surface area contributed by atoms with Crippen LogP contribution in [0, 0.1) is 11.3 Å². The molecular formula is C13H12N4O2. The third kappa shape index (κ3) is 1.80. The summed E-state index contributed by atoms with van der Waals surface area (Å²) in [5.74, 6) is 0. The molecule has 1 unspecified atom stereocenters. The van der Waals surface area contributed by atoms with Crippen LogP contribution in [-0.4, -0.2) is 41.0 Å². The topological polar surface area (TPSA) is 73.4 Å². The first-order valence-electron chi connectivity index (χ1n) is 5.92. The number of benzene rings is 1. The van der Waals surface area contributed by atoms with Crippen LogP contribution in [0.15, 0.2) is 29.0 Å². The van der Waals surface area contributed by atoms with Crippen LogP contribution in [-0.2, 0) is 0 Å². The van der Waals surface area contributed by atoms with Gasteiger partial charge >= 0.3 is 6.03 Å². The second kappa shape index (κ2) is 4.28. The molecule has 2 aromatic rings. The summed E-state index contributed by atoms with van der Waals surface area (Å²) in [4.78, 5) is 19.2. The van der Waals surface area contributed by atoms with Crippen molar-refractivity contribution < 1.29 is 9.21 Å². The fraction of sp³-hybridized carbons (Fsp3) is 0.308. The Kier molecular flexibility index (Phi) is 2.60. The lowest BCUT2D eigenvalue weighted by atomic mass is 10.1. The van der Waals surface area contributed by atoms with Crippen molar-refractivity contribution in [3.8, 4) is 6.07 Å². The largest absolute Gasteiger partial charge is 0.443 e. The van der Waals surface area contributed by atoms with Crippen LogP contribution in [0.25, 0.3) is 11.1 Å². The highest BCUT2D eigenvalue weighted by atomic mass is 16.3. The van der Waals surface area contributed by atoms with E-state index < -0.39 is 0 Å². The summed E-state index contributed by atoms with van der Waals surface area (Å²) in [6, 6.07) is 7.54. The number of carbonyl (C=O) groups excluding carboxylic acids is 1. The van der Waals surface area contributed by atoms with Gasteiger partial charge in [-0.25, -0.2) is 9.78 Å². The maximum Gasteiger partial charge on any atom is 0.321 e. The molecule has 6 nitrogen and oxygen atoms in total. The van der Waals surface area contributed by atoms with E-state index in [-0.39, 0.29) is 18.6 Å². The molecule has 0 saturated carbocycles. The number of nitrogens with zero attached hydrogens (tertiary/aromatic N) is 4. The minimum Gasteiger partial charge on any atom is -0.443 e. The number of aromatic nitrogens is 1. The fourth-order valence-electron chi connectivity index (χ4n) is 2.39. The number of rotatable bonds is 2. The van der Waals surface area contributed by atoms with Crippen molar-refractivity contribution >= 4 is 17.1 Å². The van der Waals surface area contributed by atoms with Crippen LogP contribution in [0.5, 0.6) is 0 Å². The molecule has 0 aliphatic carbocycles. The molecule has 96 valence electrons. The summed E-state index contributed by atoms with van der Waals surface area (Å²) in [7, 11) is 1.74. The van der Waals surface area contributed by atoms with Crippen molar-refractivity contribution in [2.75, 3.05) is 20.1 Å². The van der Waals surface area contributed by atoms with Crippen molar-refractivity contribution in [1.29, 1.82) is 5.26 Å². The lowest BCUT2D eigenvalue weighted by molar-refractivity contribution is 0.199. The molecule has 0 N–H and O–H groups in total. The molecule has 1 aromatic carbocycles. The van der Waals surface area contributed by atoms with E-state index in [0.29, 0.717) is 12.1 Å². The van der Waals surface area contributed by atoms with Crippen molar-refractivity contribution in [3.05, 3.63) is 30.2 Å². The third-order valence-electron chi connectivity index (χ3n) is 3.43. The number of hydrogen-bond acceptors (Lipinski definition) is 4. The van der Waals surface area contributed by atoms with Crippen LogP contribution >= 0.6 is 0 Å². The van der Waals surface area contributed by atoms with Gasteiger partial charge in [0.25, 0.3) is 0 Å². The Morgan fingerprint density at radius 3 is 3.21 bits per heavy atom. The molecule has 2 heterocycles. The zero-order valence-corrected chi connectivity index (χ0v) is 10.4. The van der Waals surface area contributed by atoms with Gasteiger partial charge in [-0.15, -0.1) is 0 Å². The monoisotopic (exact) mass is 256 g/mol. The highest BCUT2D eigenvalue weighted by Gasteiger charge is 2.35. The predicted molar refractivity (Wildman–Crippen MR) is 67.1 cm³/mol. The molecular weight excluding hydrogens is 244 g/mol. The summed E-state index contributed by atoms with van der Waals surface area (Å²) in [6.45, 7) is 0.632.